The Kier molecular flexibility index (Phi) is 5.15. The molecule has 0 spiro atoms. The van der Waals surface area contributed by atoms with Gasteiger partial charge in [0.25, 0.3) is 0 Å². The van der Waals surface area contributed by atoms with Gasteiger partial charge in [0.05, 0.1) is 7.11 Å². The number of ether oxygens (including phenoxy) is 2. The fraction of sp³-hybridized carbons (Fsp3) is 0.333. The van der Waals surface area contributed by atoms with Crippen molar-refractivity contribution in [2.75, 3.05) is 13.7 Å². The summed E-state index contributed by atoms with van der Waals surface area (Å²) in [6.45, 7) is 2.81. The fourth-order valence-electron chi connectivity index (χ4n) is 1.18. The molecule has 0 heterocycles. The van der Waals surface area contributed by atoms with Crippen LogP contribution in [0.25, 0.3) is 0 Å². The normalized spacial score (nSPS) is 11.4. The Balaban J connectivity index is 2.83. The smallest absolute Gasteiger partial charge is 0.161 e. The zero-order valence-electron chi connectivity index (χ0n) is 9.50. The summed E-state index contributed by atoms with van der Waals surface area (Å²) in [4.78, 5) is 0. The first kappa shape index (κ1) is 12.9. The quantitative estimate of drug-likeness (QED) is 0.862. The van der Waals surface area contributed by atoms with Crippen molar-refractivity contribution in [3.8, 4) is 11.5 Å². The third-order valence-corrected chi connectivity index (χ3v) is 2.48. The highest BCUT2D eigenvalue weighted by molar-refractivity contribution is 6.25. The van der Waals surface area contributed by atoms with Crippen LogP contribution in [0.1, 0.15) is 12.5 Å². The van der Waals surface area contributed by atoms with Crippen molar-refractivity contribution in [2.45, 2.75) is 13.5 Å². The van der Waals surface area contributed by atoms with Gasteiger partial charge in [-0.3, -0.25) is 0 Å². The van der Waals surface area contributed by atoms with Gasteiger partial charge in [-0.05, 0) is 30.2 Å². The van der Waals surface area contributed by atoms with Crippen LogP contribution in [-0.4, -0.2) is 13.7 Å². The van der Waals surface area contributed by atoms with Crippen molar-refractivity contribution in [3.05, 3.63) is 34.9 Å². The SMILES string of the molecule is COc1ccc(CN)cc1OC/C(C)=C/Cl. The Labute approximate surface area is 101 Å². The Morgan fingerprint density at radius 1 is 1.44 bits per heavy atom. The van der Waals surface area contributed by atoms with Crippen LogP contribution in [0.5, 0.6) is 11.5 Å². The van der Waals surface area contributed by atoms with Crippen molar-refractivity contribution in [2.24, 2.45) is 5.73 Å². The number of nitrogens with two attached hydrogens (primary N) is 1. The van der Waals surface area contributed by atoms with E-state index in [-0.39, 0.29) is 0 Å². The first-order valence-electron chi connectivity index (χ1n) is 4.97. The lowest BCUT2D eigenvalue weighted by molar-refractivity contribution is 0.319. The molecule has 0 radical (unpaired) electrons. The monoisotopic (exact) mass is 241 g/mol. The van der Waals surface area contributed by atoms with E-state index < -0.39 is 0 Å². The molecule has 0 unspecified atom stereocenters. The second-order valence-electron chi connectivity index (χ2n) is 3.43. The fourth-order valence-corrected chi connectivity index (χ4v) is 1.25. The molecule has 0 saturated heterocycles. The molecule has 0 bridgehead atoms. The van der Waals surface area contributed by atoms with E-state index in [1.54, 1.807) is 7.11 Å². The number of methoxy groups -OCH3 is 1. The number of hydrogen-bond acceptors (Lipinski definition) is 3. The summed E-state index contributed by atoms with van der Waals surface area (Å²) in [5.74, 6) is 1.38. The van der Waals surface area contributed by atoms with Gasteiger partial charge in [-0.1, -0.05) is 17.7 Å². The minimum Gasteiger partial charge on any atom is -0.493 e. The van der Waals surface area contributed by atoms with Gasteiger partial charge in [0.15, 0.2) is 11.5 Å². The molecule has 16 heavy (non-hydrogen) atoms. The lowest BCUT2D eigenvalue weighted by Crippen LogP contribution is -2.02. The number of benzene rings is 1. The molecule has 0 aliphatic carbocycles. The van der Waals surface area contributed by atoms with Gasteiger partial charge in [0, 0.05) is 12.1 Å². The summed E-state index contributed by atoms with van der Waals surface area (Å²) in [6, 6.07) is 5.63. The molecule has 0 aliphatic heterocycles. The lowest BCUT2D eigenvalue weighted by Gasteiger charge is -2.11. The third kappa shape index (κ3) is 3.43. The molecule has 1 aromatic carbocycles. The molecule has 3 nitrogen and oxygen atoms in total. The van der Waals surface area contributed by atoms with Crippen molar-refractivity contribution in [3.63, 3.8) is 0 Å². The molecule has 1 rings (SSSR count). The summed E-state index contributed by atoms with van der Waals surface area (Å²) in [6.07, 6.45) is 0. The molecule has 1 aromatic rings. The van der Waals surface area contributed by atoms with E-state index in [1.165, 1.54) is 5.54 Å². The predicted molar refractivity (Wildman–Crippen MR) is 66.0 cm³/mol. The van der Waals surface area contributed by atoms with Crippen LogP contribution in [0.2, 0.25) is 0 Å². The average molecular weight is 242 g/mol. The average Bonchev–Trinajstić information content (AvgIpc) is 2.35. The van der Waals surface area contributed by atoms with E-state index in [1.807, 2.05) is 25.1 Å². The number of halogens is 1. The third-order valence-electron chi connectivity index (χ3n) is 2.11. The van der Waals surface area contributed by atoms with Gasteiger partial charge in [-0.15, -0.1) is 0 Å². The van der Waals surface area contributed by atoms with Crippen molar-refractivity contribution >= 4 is 11.6 Å². The lowest BCUT2D eigenvalue weighted by atomic mass is 10.2. The van der Waals surface area contributed by atoms with E-state index in [2.05, 4.69) is 0 Å². The van der Waals surface area contributed by atoms with E-state index in [0.29, 0.717) is 24.7 Å². The molecular weight excluding hydrogens is 226 g/mol. The summed E-state index contributed by atoms with van der Waals surface area (Å²) in [7, 11) is 1.61. The van der Waals surface area contributed by atoms with Crippen LogP contribution in [0.15, 0.2) is 29.3 Å². The molecule has 0 fully saturated rings. The summed E-state index contributed by atoms with van der Waals surface area (Å²) < 4.78 is 10.8. The molecule has 0 saturated carbocycles. The van der Waals surface area contributed by atoms with Crippen LogP contribution in [0, 0.1) is 0 Å². The molecule has 0 atom stereocenters. The number of rotatable bonds is 5. The van der Waals surface area contributed by atoms with Gasteiger partial charge < -0.3 is 15.2 Å². The molecule has 88 valence electrons. The van der Waals surface area contributed by atoms with Gasteiger partial charge in [0.1, 0.15) is 6.61 Å². The van der Waals surface area contributed by atoms with Gasteiger partial charge in [0.2, 0.25) is 0 Å². The highest BCUT2D eigenvalue weighted by Gasteiger charge is 2.05. The first-order chi connectivity index (χ1) is 7.71. The first-order valence-corrected chi connectivity index (χ1v) is 5.40. The van der Waals surface area contributed by atoms with Crippen molar-refractivity contribution in [1.29, 1.82) is 0 Å². The Hall–Kier alpha value is -1.19. The number of hydrogen-bond donors (Lipinski definition) is 1. The zero-order chi connectivity index (χ0) is 12.0. The summed E-state index contributed by atoms with van der Waals surface area (Å²) in [5, 5.41) is 0. The second-order valence-corrected chi connectivity index (χ2v) is 3.65. The van der Waals surface area contributed by atoms with Crippen LogP contribution in [-0.2, 0) is 6.54 Å². The van der Waals surface area contributed by atoms with Crippen LogP contribution in [0.3, 0.4) is 0 Å². The topological polar surface area (TPSA) is 44.5 Å². The maximum atomic E-state index is 5.59. The second kappa shape index (κ2) is 6.40. The highest BCUT2D eigenvalue weighted by Crippen LogP contribution is 2.28. The maximum absolute atomic E-state index is 5.59. The Bertz CT molecular complexity index is 377. The van der Waals surface area contributed by atoms with E-state index in [0.717, 1.165) is 11.1 Å². The highest BCUT2D eigenvalue weighted by atomic mass is 35.5. The minimum atomic E-state index is 0.438. The van der Waals surface area contributed by atoms with Gasteiger partial charge in [-0.25, -0.2) is 0 Å². The van der Waals surface area contributed by atoms with E-state index in [4.69, 9.17) is 26.8 Å². The van der Waals surface area contributed by atoms with Crippen LogP contribution >= 0.6 is 11.6 Å². The van der Waals surface area contributed by atoms with E-state index >= 15 is 0 Å². The molecule has 4 heteroatoms. The Morgan fingerprint density at radius 3 is 2.75 bits per heavy atom. The van der Waals surface area contributed by atoms with Gasteiger partial charge >= 0.3 is 0 Å². The predicted octanol–water partition coefficient (Wildman–Crippen LogP) is 2.68. The summed E-state index contributed by atoms with van der Waals surface area (Å²) >= 11 is 5.56. The molecular formula is C12H16ClNO2. The maximum Gasteiger partial charge on any atom is 0.161 e. The van der Waals surface area contributed by atoms with Crippen molar-refractivity contribution < 1.29 is 9.47 Å². The molecule has 0 aliphatic rings. The molecule has 2 N–H and O–H groups in total. The Morgan fingerprint density at radius 2 is 2.19 bits per heavy atom. The minimum absolute atomic E-state index is 0.438. The van der Waals surface area contributed by atoms with Crippen molar-refractivity contribution in [1.82, 2.24) is 0 Å². The largest absolute Gasteiger partial charge is 0.493 e. The molecule has 0 aromatic heterocycles. The van der Waals surface area contributed by atoms with Crippen LogP contribution in [0.4, 0.5) is 0 Å². The van der Waals surface area contributed by atoms with Gasteiger partial charge in [-0.2, -0.15) is 0 Å². The summed E-state index contributed by atoms with van der Waals surface area (Å²) in [5.41, 5.74) is 9.01. The molecule has 0 amide bonds. The van der Waals surface area contributed by atoms with Crippen LogP contribution < -0.4 is 15.2 Å². The zero-order valence-corrected chi connectivity index (χ0v) is 10.3. The van der Waals surface area contributed by atoms with E-state index in [9.17, 15) is 0 Å². The standard InChI is InChI=1S/C12H16ClNO2/c1-9(6-13)8-16-12-5-10(7-14)3-4-11(12)15-2/h3-6H,7-8,14H2,1-2H3/b9-6+.